The van der Waals surface area contributed by atoms with Gasteiger partial charge < -0.3 is 19.9 Å². The maximum atomic E-state index is 12.6. The van der Waals surface area contributed by atoms with Crippen molar-refractivity contribution < 1.29 is 45.7 Å². The van der Waals surface area contributed by atoms with Gasteiger partial charge in [-0.3, -0.25) is 4.79 Å². The van der Waals surface area contributed by atoms with Crippen LogP contribution in [0.1, 0.15) is 12.5 Å². The lowest BCUT2D eigenvalue weighted by Crippen LogP contribution is -2.41. The Morgan fingerprint density at radius 2 is 1.88 bits per heavy atom. The Morgan fingerprint density at radius 3 is 2.46 bits per heavy atom. The fourth-order valence-corrected chi connectivity index (χ4v) is 1.67. The summed E-state index contributed by atoms with van der Waals surface area (Å²) in [5, 5.41) is 11.8. The van der Waals surface area contributed by atoms with Crippen LogP contribution in [0.25, 0.3) is 0 Å². The minimum atomic E-state index is -4.58. The van der Waals surface area contributed by atoms with E-state index in [0.29, 0.717) is 0 Å². The Hall–Kier alpha value is -2.01. The van der Waals surface area contributed by atoms with Gasteiger partial charge in [-0.1, -0.05) is 6.07 Å². The number of nitrogens with one attached hydrogen (secondary N) is 1. The summed E-state index contributed by atoms with van der Waals surface area (Å²) in [6.45, 7) is -1.30. The predicted molar refractivity (Wildman–Crippen MR) is 77.4 cm³/mol. The van der Waals surface area contributed by atoms with Crippen molar-refractivity contribution in [1.82, 2.24) is 5.32 Å². The zero-order chi connectivity index (χ0) is 20.0. The number of hydrogen-bond donors (Lipinski definition) is 2. The molecule has 0 aliphatic rings. The third kappa shape index (κ3) is 8.39. The summed E-state index contributed by atoms with van der Waals surface area (Å²) >= 11 is 0. The average Bonchev–Trinajstić information content (AvgIpc) is 2.54. The summed E-state index contributed by atoms with van der Waals surface area (Å²) in [7, 11) is 0. The molecular weight excluding hydrogens is 372 g/mol. The SMILES string of the molecule is CC(OCC(F)(F)F)C(=O)NCC(O)COc1cccc(C(F)(F)F)c1. The van der Waals surface area contributed by atoms with Gasteiger partial charge in [0.15, 0.2) is 0 Å². The molecule has 0 aliphatic carbocycles. The van der Waals surface area contributed by atoms with Gasteiger partial charge in [0.05, 0.1) is 5.56 Å². The first kappa shape index (κ1) is 22.0. The van der Waals surface area contributed by atoms with E-state index >= 15 is 0 Å². The lowest BCUT2D eigenvalue weighted by molar-refractivity contribution is -0.185. The van der Waals surface area contributed by atoms with Crippen LogP contribution in [-0.4, -0.2) is 49.2 Å². The zero-order valence-electron chi connectivity index (χ0n) is 13.5. The molecule has 1 aromatic carbocycles. The highest BCUT2D eigenvalue weighted by atomic mass is 19.4. The second-order valence-electron chi connectivity index (χ2n) is 5.30. The van der Waals surface area contributed by atoms with Gasteiger partial charge in [0.1, 0.15) is 31.2 Å². The van der Waals surface area contributed by atoms with E-state index in [-0.39, 0.29) is 12.3 Å². The number of rotatable bonds is 8. The van der Waals surface area contributed by atoms with Crippen molar-refractivity contribution in [3.63, 3.8) is 0 Å². The third-order valence-electron chi connectivity index (χ3n) is 2.98. The quantitative estimate of drug-likeness (QED) is 0.671. The molecule has 1 rings (SSSR count). The van der Waals surface area contributed by atoms with Crippen LogP contribution in [0.15, 0.2) is 24.3 Å². The van der Waals surface area contributed by atoms with Crippen LogP contribution in [0.4, 0.5) is 26.3 Å². The number of amides is 1. The molecule has 0 saturated heterocycles. The van der Waals surface area contributed by atoms with E-state index in [1.54, 1.807) is 0 Å². The van der Waals surface area contributed by atoms with Gasteiger partial charge in [0, 0.05) is 6.54 Å². The van der Waals surface area contributed by atoms with E-state index in [0.717, 1.165) is 25.1 Å². The first-order valence-electron chi connectivity index (χ1n) is 7.32. The van der Waals surface area contributed by atoms with Crippen molar-refractivity contribution in [3.05, 3.63) is 29.8 Å². The van der Waals surface area contributed by atoms with Crippen molar-refractivity contribution >= 4 is 5.91 Å². The Balaban J connectivity index is 2.38. The van der Waals surface area contributed by atoms with Gasteiger partial charge in [-0.2, -0.15) is 26.3 Å². The Kier molecular flexibility index (Phi) is 7.69. The molecule has 1 aromatic rings. The molecule has 0 aromatic heterocycles. The first-order valence-corrected chi connectivity index (χ1v) is 7.32. The number of carbonyl (C=O) groups is 1. The highest BCUT2D eigenvalue weighted by molar-refractivity contribution is 5.80. The normalized spacial score (nSPS) is 14.6. The molecule has 2 atom stereocenters. The third-order valence-corrected chi connectivity index (χ3v) is 2.98. The van der Waals surface area contributed by atoms with Crippen molar-refractivity contribution in [2.75, 3.05) is 19.8 Å². The van der Waals surface area contributed by atoms with Crippen LogP contribution in [0.2, 0.25) is 0 Å². The summed E-state index contributed by atoms with van der Waals surface area (Å²) in [6, 6.07) is 3.99. The maximum Gasteiger partial charge on any atom is 0.416 e. The number of benzene rings is 1. The van der Waals surface area contributed by atoms with Gasteiger partial charge in [-0.05, 0) is 25.1 Å². The molecular formula is C15H17F6NO4. The second kappa shape index (κ2) is 9.08. The monoisotopic (exact) mass is 389 g/mol. The molecule has 148 valence electrons. The minimum absolute atomic E-state index is 0.132. The molecule has 2 N–H and O–H groups in total. The van der Waals surface area contributed by atoms with Gasteiger partial charge in [-0.25, -0.2) is 0 Å². The highest BCUT2D eigenvalue weighted by Crippen LogP contribution is 2.31. The Morgan fingerprint density at radius 1 is 1.23 bits per heavy atom. The number of aliphatic hydroxyl groups is 1. The van der Waals surface area contributed by atoms with Crippen molar-refractivity contribution in [2.45, 2.75) is 31.5 Å². The molecule has 11 heteroatoms. The van der Waals surface area contributed by atoms with Crippen LogP contribution < -0.4 is 10.1 Å². The smallest absolute Gasteiger partial charge is 0.416 e. The van der Waals surface area contributed by atoms with E-state index in [1.807, 2.05) is 0 Å². The zero-order valence-corrected chi connectivity index (χ0v) is 13.5. The molecule has 5 nitrogen and oxygen atoms in total. The summed E-state index contributed by atoms with van der Waals surface area (Å²) in [5.41, 5.74) is -0.923. The van der Waals surface area contributed by atoms with Crippen molar-refractivity contribution in [1.29, 1.82) is 0 Å². The number of carbonyl (C=O) groups excluding carboxylic acids is 1. The minimum Gasteiger partial charge on any atom is -0.491 e. The highest BCUT2D eigenvalue weighted by Gasteiger charge is 2.31. The predicted octanol–water partition coefficient (Wildman–Crippen LogP) is 2.53. The van der Waals surface area contributed by atoms with Crippen LogP contribution in [-0.2, 0) is 15.7 Å². The fraction of sp³-hybridized carbons (Fsp3) is 0.533. The molecule has 0 spiro atoms. The van der Waals surface area contributed by atoms with Gasteiger partial charge in [-0.15, -0.1) is 0 Å². The molecule has 0 aliphatic heterocycles. The summed E-state index contributed by atoms with van der Waals surface area (Å²) in [4.78, 5) is 11.5. The van der Waals surface area contributed by atoms with E-state index in [1.165, 1.54) is 6.07 Å². The molecule has 2 unspecified atom stereocenters. The molecule has 0 radical (unpaired) electrons. The number of alkyl halides is 6. The largest absolute Gasteiger partial charge is 0.491 e. The van der Waals surface area contributed by atoms with Gasteiger partial charge >= 0.3 is 12.4 Å². The molecule has 0 bridgehead atoms. The topological polar surface area (TPSA) is 67.8 Å². The van der Waals surface area contributed by atoms with E-state index in [2.05, 4.69) is 10.1 Å². The lowest BCUT2D eigenvalue weighted by Gasteiger charge is -2.17. The molecule has 26 heavy (non-hydrogen) atoms. The van der Waals surface area contributed by atoms with E-state index in [9.17, 15) is 36.2 Å². The van der Waals surface area contributed by atoms with Crippen LogP contribution in [0, 0.1) is 0 Å². The van der Waals surface area contributed by atoms with Crippen molar-refractivity contribution in [2.24, 2.45) is 0 Å². The number of aliphatic hydroxyl groups excluding tert-OH is 1. The summed E-state index contributed by atoms with van der Waals surface area (Å²) in [5.74, 6) is -1.01. The first-order chi connectivity index (χ1) is 11.9. The summed E-state index contributed by atoms with van der Waals surface area (Å²) in [6.07, 6.45) is -11.8. The maximum absolute atomic E-state index is 12.6. The molecule has 0 fully saturated rings. The van der Waals surface area contributed by atoms with Crippen LogP contribution in [0.3, 0.4) is 0 Å². The molecule has 1 amide bonds. The van der Waals surface area contributed by atoms with Gasteiger partial charge in [0.2, 0.25) is 5.91 Å². The van der Waals surface area contributed by atoms with Gasteiger partial charge in [0.25, 0.3) is 0 Å². The number of halogens is 6. The Labute approximate surface area is 144 Å². The lowest BCUT2D eigenvalue weighted by atomic mass is 10.2. The van der Waals surface area contributed by atoms with Crippen molar-refractivity contribution in [3.8, 4) is 5.75 Å². The standard InChI is InChI=1S/C15H17F6NO4/c1-9(26-8-14(16,17)18)13(24)22-6-11(23)7-25-12-4-2-3-10(5-12)15(19,20)21/h2-5,9,11,23H,6-8H2,1H3,(H,22,24). The Bertz CT molecular complexity index is 590. The average molecular weight is 389 g/mol. The molecule has 0 heterocycles. The number of hydrogen-bond acceptors (Lipinski definition) is 4. The molecule has 0 saturated carbocycles. The second-order valence-corrected chi connectivity index (χ2v) is 5.30. The van der Waals surface area contributed by atoms with E-state index < -0.39 is 49.2 Å². The summed E-state index contributed by atoms with van der Waals surface area (Å²) < 4.78 is 82.9. The van der Waals surface area contributed by atoms with Crippen LogP contribution in [0.5, 0.6) is 5.75 Å². The van der Waals surface area contributed by atoms with E-state index in [4.69, 9.17) is 4.74 Å². The number of ether oxygens (including phenoxy) is 2. The van der Waals surface area contributed by atoms with Crippen LogP contribution >= 0.6 is 0 Å². The fourth-order valence-electron chi connectivity index (χ4n) is 1.67.